The van der Waals surface area contributed by atoms with Crippen LogP contribution in [0.4, 0.5) is 11.4 Å². The fraction of sp³-hybridized carbons (Fsp3) is 0.222. The van der Waals surface area contributed by atoms with Gasteiger partial charge in [0.05, 0.1) is 4.92 Å². The molecule has 0 aliphatic heterocycles. The Morgan fingerprint density at radius 2 is 2.21 bits per heavy atom. The Morgan fingerprint density at radius 3 is 2.64 bits per heavy atom. The van der Waals surface area contributed by atoms with Crippen LogP contribution in [0.1, 0.15) is 12.5 Å². The highest BCUT2D eigenvalue weighted by molar-refractivity contribution is 6.01. The maximum Gasteiger partial charge on any atom is 0.270 e. The number of nitrogens with zero attached hydrogens (tertiary/aromatic N) is 1. The molecular weight excluding hydrogens is 182 g/mol. The molecule has 0 atom stereocenters. The highest BCUT2D eigenvalue weighted by atomic mass is 16.6. The van der Waals surface area contributed by atoms with Crippen molar-refractivity contribution in [1.29, 1.82) is 5.41 Å². The van der Waals surface area contributed by atoms with Gasteiger partial charge in [0.2, 0.25) is 0 Å². The van der Waals surface area contributed by atoms with E-state index in [0.717, 1.165) is 5.69 Å². The molecule has 2 N–H and O–H groups in total. The van der Waals surface area contributed by atoms with Crippen LogP contribution < -0.4 is 5.32 Å². The largest absolute Gasteiger partial charge is 0.388 e. The lowest BCUT2D eigenvalue weighted by Crippen LogP contribution is -2.01. The first-order valence-electron chi connectivity index (χ1n) is 4.08. The molecule has 74 valence electrons. The highest BCUT2D eigenvalue weighted by Crippen LogP contribution is 2.21. The van der Waals surface area contributed by atoms with Crippen LogP contribution in [0.2, 0.25) is 0 Å². The van der Waals surface area contributed by atoms with Crippen molar-refractivity contribution >= 4 is 17.1 Å². The van der Waals surface area contributed by atoms with E-state index in [-0.39, 0.29) is 5.69 Å². The lowest BCUT2D eigenvalue weighted by atomic mass is 10.1. The Morgan fingerprint density at radius 1 is 1.57 bits per heavy atom. The standard InChI is InChI=1S/C9H11N3O2/c1-6(10)8-5-7(12(13)14)3-4-9(8)11-2/h3-5,10-11H,1-2H3. The van der Waals surface area contributed by atoms with Crippen molar-refractivity contribution in [3.05, 3.63) is 33.9 Å². The minimum absolute atomic E-state index is 0.00519. The zero-order valence-electron chi connectivity index (χ0n) is 8.00. The predicted molar refractivity (Wildman–Crippen MR) is 55.1 cm³/mol. The summed E-state index contributed by atoms with van der Waals surface area (Å²) in [5.41, 5.74) is 1.59. The molecule has 0 amide bonds. The molecule has 0 aromatic heterocycles. The third kappa shape index (κ3) is 1.87. The maximum atomic E-state index is 10.5. The Bertz CT molecular complexity index is 388. The van der Waals surface area contributed by atoms with Gasteiger partial charge in [0.15, 0.2) is 0 Å². The normalized spacial score (nSPS) is 9.57. The lowest BCUT2D eigenvalue weighted by Gasteiger charge is -2.06. The van der Waals surface area contributed by atoms with Gasteiger partial charge < -0.3 is 10.7 Å². The van der Waals surface area contributed by atoms with Gasteiger partial charge in [-0.1, -0.05) is 0 Å². The van der Waals surface area contributed by atoms with Crippen LogP contribution in [0.25, 0.3) is 0 Å². The van der Waals surface area contributed by atoms with Crippen LogP contribution in [0.3, 0.4) is 0 Å². The highest BCUT2D eigenvalue weighted by Gasteiger charge is 2.10. The van der Waals surface area contributed by atoms with Gasteiger partial charge in [0.25, 0.3) is 5.69 Å². The third-order valence-electron chi connectivity index (χ3n) is 1.89. The Hall–Kier alpha value is -1.91. The molecule has 0 fully saturated rings. The minimum atomic E-state index is -0.466. The number of rotatable bonds is 3. The third-order valence-corrected chi connectivity index (χ3v) is 1.89. The van der Waals surface area contributed by atoms with E-state index in [1.165, 1.54) is 12.1 Å². The first-order chi connectivity index (χ1) is 6.56. The van der Waals surface area contributed by atoms with Crippen LogP contribution in [0.15, 0.2) is 18.2 Å². The second-order valence-corrected chi connectivity index (χ2v) is 2.86. The molecule has 1 aromatic rings. The number of non-ortho nitro benzene ring substituents is 1. The summed E-state index contributed by atoms with van der Waals surface area (Å²) in [6.45, 7) is 1.60. The summed E-state index contributed by atoms with van der Waals surface area (Å²) in [5.74, 6) is 0. The fourth-order valence-electron chi connectivity index (χ4n) is 1.17. The molecular formula is C9H11N3O2. The van der Waals surface area contributed by atoms with Gasteiger partial charge in [-0.3, -0.25) is 10.1 Å². The Labute approximate surface area is 81.4 Å². The summed E-state index contributed by atoms with van der Waals surface area (Å²) in [4.78, 5) is 10.0. The second-order valence-electron chi connectivity index (χ2n) is 2.86. The van der Waals surface area contributed by atoms with Crippen molar-refractivity contribution in [2.45, 2.75) is 6.92 Å². The lowest BCUT2D eigenvalue weighted by molar-refractivity contribution is -0.384. The van der Waals surface area contributed by atoms with Crippen LogP contribution in [-0.4, -0.2) is 17.7 Å². The van der Waals surface area contributed by atoms with E-state index in [1.54, 1.807) is 20.0 Å². The van der Waals surface area contributed by atoms with Gasteiger partial charge in [0, 0.05) is 36.1 Å². The summed E-state index contributed by atoms with van der Waals surface area (Å²) < 4.78 is 0. The molecule has 0 unspecified atom stereocenters. The smallest absolute Gasteiger partial charge is 0.270 e. The summed E-state index contributed by atoms with van der Waals surface area (Å²) in [6, 6.07) is 4.41. The molecule has 5 heteroatoms. The molecule has 0 aliphatic rings. The fourth-order valence-corrected chi connectivity index (χ4v) is 1.17. The van der Waals surface area contributed by atoms with Gasteiger partial charge in [-0.25, -0.2) is 0 Å². The van der Waals surface area contributed by atoms with E-state index in [2.05, 4.69) is 5.32 Å². The molecule has 0 radical (unpaired) electrons. The molecule has 0 spiro atoms. The molecule has 0 aliphatic carbocycles. The maximum absolute atomic E-state index is 10.5. The van der Waals surface area contributed by atoms with E-state index >= 15 is 0 Å². The van der Waals surface area contributed by atoms with Crippen LogP contribution in [0.5, 0.6) is 0 Å². The van der Waals surface area contributed by atoms with E-state index < -0.39 is 4.92 Å². The van der Waals surface area contributed by atoms with Crippen molar-refractivity contribution in [1.82, 2.24) is 0 Å². The number of nitro benzene ring substituents is 1. The van der Waals surface area contributed by atoms with E-state index in [9.17, 15) is 10.1 Å². The Kier molecular flexibility index (Phi) is 2.81. The first kappa shape index (κ1) is 10.2. The van der Waals surface area contributed by atoms with Crippen molar-refractivity contribution in [3.63, 3.8) is 0 Å². The minimum Gasteiger partial charge on any atom is -0.388 e. The summed E-state index contributed by atoms with van der Waals surface area (Å²) >= 11 is 0. The van der Waals surface area contributed by atoms with E-state index in [0.29, 0.717) is 11.3 Å². The predicted octanol–water partition coefficient (Wildman–Crippen LogP) is 2.02. The Balaban J connectivity index is 3.27. The van der Waals surface area contributed by atoms with Gasteiger partial charge >= 0.3 is 0 Å². The van der Waals surface area contributed by atoms with Crippen LogP contribution >= 0.6 is 0 Å². The van der Waals surface area contributed by atoms with Gasteiger partial charge in [-0.05, 0) is 13.0 Å². The van der Waals surface area contributed by atoms with Gasteiger partial charge in [-0.15, -0.1) is 0 Å². The number of anilines is 1. The molecule has 0 saturated carbocycles. The van der Waals surface area contributed by atoms with Gasteiger partial charge in [-0.2, -0.15) is 0 Å². The van der Waals surface area contributed by atoms with Crippen LogP contribution in [-0.2, 0) is 0 Å². The zero-order chi connectivity index (χ0) is 10.7. The average molecular weight is 193 g/mol. The second kappa shape index (κ2) is 3.87. The monoisotopic (exact) mass is 193 g/mol. The van der Waals surface area contributed by atoms with E-state index in [4.69, 9.17) is 5.41 Å². The molecule has 1 aromatic carbocycles. The number of hydrogen-bond donors (Lipinski definition) is 2. The molecule has 0 bridgehead atoms. The molecule has 0 heterocycles. The van der Waals surface area contributed by atoms with Crippen molar-refractivity contribution in [2.24, 2.45) is 0 Å². The SMILES string of the molecule is CNc1ccc([N+](=O)[O-])cc1C(C)=N. The average Bonchev–Trinajstić information content (AvgIpc) is 2.16. The molecule has 14 heavy (non-hydrogen) atoms. The molecule has 1 rings (SSSR count). The molecule has 5 nitrogen and oxygen atoms in total. The first-order valence-corrected chi connectivity index (χ1v) is 4.08. The molecule has 0 saturated heterocycles. The quantitative estimate of drug-likeness (QED) is 0.438. The number of nitrogens with one attached hydrogen (secondary N) is 2. The van der Waals surface area contributed by atoms with Crippen molar-refractivity contribution in [2.75, 3.05) is 12.4 Å². The van der Waals surface area contributed by atoms with E-state index in [1.807, 2.05) is 0 Å². The van der Waals surface area contributed by atoms with Crippen molar-refractivity contribution in [3.8, 4) is 0 Å². The summed E-state index contributed by atoms with van der Waals surface area (Å²) in [5, 5.41) is 20.8. The van der Waals surface area contributed by atoms with Crippen molar-refractivity contribution < 1.29 is 4.92 Å². The summed E-state index contributed by atoms with van der Waals surface area (Å²) in [6.07, 6.45) is 0. The van der Waals surface area contributed by atoms with Crippen LogP contribution in [0, 0.1) is 15.5 Å². The summed E-state index contributed by atoms with van der Waals surface area (Å²) in [7, 11) is 1.72. The zero-order valence-corrected chi connectivity index (χ0v) is 8.00. The topological polar surface area (TPSA) is 79.0 Å². The number of nitro groups is 1. The number of hydrogen-bond acceptors (Lipinski definition) is 4. The number of benzene rings is 1. The van der Waals surface area contributed by atoms with Gasteiger partial charge in [0.1, 0.15) is 0 Å².